The van der Waals surface area contributed by atoms with Crippen molar-refractivity contribution in [3.05, 3.63) is 71.3 Å². The molecule has 0 spiro atoms. The summed E-state index contributed by atoms with van der Waals surface area (Å²) < 4.78 is 0. The molecule has 0 aliphatic carbocycles. The van der Waals surface area contributed by atoms with Crippen molar-refractivity contribution in [2.75, 3.05) is 13.1 Å². The van der Waals surface area contributed by atoms with Gasteiger partial charge in [-0.1, -0.05) is 74.4 Å². The van der Waals surface area contributed by atoms with Crippen molar-refractivity contribution in [3.63, 3.8) is 0 Å². The van der Waals surface area contributed by atoms with Crippen LogP contribution in [0, 0.1) is 11.3 Å². The maximum atomic E-state index is 12.2. The van der Waals surface area contributed by atoms with Crippen LogP contribution in [0.5, 0.6) is 0 Å². The third-order valence-electron chi connectivity index (χ3n) is 4.79. The Labute approximate surface area is 168 Å². The highest BCUT2D eigenvalue weighted by Crippen LogP contribution is 2.09. The van der Waals surface area contributed by atoms with Crippen molar-refractivity contribution in [2.24, 2.45) is 11.7 Å². The number of unbranched alkanes of at least 4 members (excludes halogenated alkanes) is 1. The molecule has 5 nitrogen and oxygen atoms in total. The zero-order chi connectivity index (χ0) is 20.2. The summed E-state index contributed by atoms with van der Waals surface area (Å²) in [6.07, 6.45) is 3.84. The zero-order valence-electron chi connectivity index (χ0n) is 16.7. The first-order valence-corrected chi connectivity index (χ1v) is 10.0. The molecule has 0 aliphatic rings. The Bertz CT molecular complexity index is 728. The molecule has 0 bridgehead atoms. The predicted molar refractivity (Wildman–Crippen MR) is 115 cm³/mol. The van der Waals surface area contributed by atoms with E-state index in [1.807, 2.05) is 54.6 Å². The fraction of sp³-hybridized carbons (Fsp3) is 0.391. The minimum absolute atomic E-state index is 0.0764. The number of hydrogen-bond donors (Lipinski definition) is 4. The summed E-state index contributed by atoms with van der Waals surface area (Å²) in [6, 6.07) is 17.6. The highest BCUT2D eigenvalue weighted by Gasteiger charge is 2.11. The Morgan fingerprint density at radius 3 is 2.39 bits per heavy atom. The molecule has 2 aromatic rings. The molecular formula is C23H32N4O. The van der Waals surface area contributed by atoms with E-state index in [4.69, 9.17) is 11.1 Å². The van der Waals surface area contributed by atoms with E-state index in [9.17, 15) is 4.79 Å². The van der Waals surface area contributed by atoms with Gasteiger partial charge in [0.1, 0.15) is 5.84 Å². The van der Waals surface area contributed by atoms with E-state index in [0.29, 0.717) is 18.9 Å². The van der Waals surface area contributed by atoms with Crippen LogP contribution in [-0.4, -0.2) is 24.8 Å². The maximum absolute atomic E-state index is 12.2. The van der Waals surface area contributed by atoms with E-state index in [1.54, 1.807) is 0 Å². The zero-order valence-corrected chi connectivity index (χ0v) is 16.7. The van der Waals surface area contributed by atoms with Crippen LogP contribution >= 0.6 is 0 Å². The van der Waals surface area contributed by atoms with Gasteiger partial charge in [-0.3, -0.25) is 10.2 Å². The van der Waals surface area contributed by atoms with Crippen molar-refractivity contribution < 1.29 is 4.79 Å². The molecule has 0 aromatic heterocycles. The number of amides is 1. The summed E-state index contributed by atoms with van der Waals surface area (Å²) in [5.41, 5.74) is 8.43. The Balaban J connectivity index is 1.76. The molecule has 0 aliphatic heterocycles. The lowest BCUT2D eigenvalue weighted by atomic mass is 10.0. The smallest absolute Gasteiger partial charge is 0.224 e. The highest BCUT2D eigenvalue weighted by atomic mass is 16.1. The lowest BCUT2D eigenvalue weighted by Crippen LogP contribution is -2.35. The molecule has 0 saturated carbocycles. The van der Waals surface area contributed by atoms with E-state index >= 15 is 0 Å². The number of amidine groups is 1. The first kappa shape index (κ1) is 21.6. The molecule has 0 heterocycles. The third-order valence-corrected chi connectivity index (χ3v) is 4.79. The summed E-state index contributed by atoms with van der Waals surface area (Å²) in [6.45, 7) is 4.51. The van der Waals surface area contributed by atoms with Crippen molar-refractivity contribution in [2.45, 2.75) is 39.2 Å². The van der Waals surface area contributed by atoms with E-state index in [-0.39, 0.29) is 11.7 Å². The normalized spacial score (nSPS) is 11.8. The molecule has 0 fully saturated rings. The van der Waals surface area contributed by atoms with Gasteiger partial charge in [0.05, 0.1) is 6.42 Å². The summed E-state index contributed by atoms with van der Waals surface area (Å²) in [4.78, 5) is 12.2. The molecular weight excluding hydrogens is 348 g/mol. The molecule has 0 saturated heterocycles. The average Bonchev–Trinajstić information content (AvgIpc) is 2.70. The number of rotatable bonds is 12. The van der Waals surface area contributed by atoms with E-state index < -0.39 is 0 Å². The number of carbonyl (C=O) groups excluding carboxylic acids is 1. The second kappa shape index (κ2) is 11.9. The van der Waals surface area contributed by atoms with Crippen molar-refractivity contribution >= 4 is 11.7 Å². The number of hydrogen-bond acceptors (Lipinski definition) is 3. The quantitative estimate of drug-likeness (QED) is 0.337. The molecule has 1 atom stereocenters. The molecule has 1 amide bonds. The molecule has 28 heavy (non-hydrogen) atoms. The summed E-state index contributed by atoms with van der Waals surface area (Å²) in [5, 5.41) is 14.0. The molecule has 1 unspecified atom stereocenters. The van der Waals surface area contributed by atoms with Crippen molar-refractivity contribution in [1.29, 1.82) is 5.41 Å². The number of nitrogen functional groups attached to an aromatic ring is 1. The van der Waals surface area contributed by atoms with Crippen molar-refractivity contribution in [1.82, 2.24) is 10.6 Å². The topological polar surface area (TPSA) is 91.0 Å². The maximum Gasteiger partial charge on any atom is 0.224 e. The minimum atomic E-state index is 0.0764. The van der Waals surface area contributed by atoms with Crippen LogP contribution in [0.1, 0.15) is 42.9 Å². The largest absolute Gasteiger partial charge is 0.384 e. The van der Waals surface area contributed by atoms with Gasteiger partial charge in [-0.25, -0.2) is 0 Å². The number of nitrogens with two attached hydrogens (primary N) is 1. The molecule has 5 heteroatoms. The van der Waals surface area contributed by atoms with Crippen LogP contribution in [0.2, 0.25) is 0 Å². The summed E-state index contributed by atoms with van der Waals surface area (Å²) in [5.74, 6) is 0.578. The predicted octanol–water partition coefficient (Wildman–Crippen LogP) is 3.23. The SMILES string of the molecule is CCCCC(CNCc1ccc(C(=N)N)cc1)CNC(=O)Cc1ccccc1. The average molecular weight is 381 g/mol. The fourth-order valence-corrected chi connectivity index (χ4v) is 3.09. The van der Waals surface area contributed by atoms with Crippen LogP contribution < -0.4 is 16.4 Å². The van der Waals surface area contributed by atoms with Crippen LogP contribution in [0.3, 0.4) is 0 Å². The van der Waals surface area contributed by atoms with Gasteiger partial charge in [0, 0.05) is 18.7 Å². The number of carbonyl (C=O) groups is 1. The van der Waals surface area contributed by atoms with Gasteiger partial charge in [0.15, 0.2) is 0 Å². The summed E-state index contributed by atoms with van der Waals surface area (Å²) in [7, 11) is 0. The van der Waals surface area contributed by atoms with Crippen LogP contribution in [0.25, 0.3) is 0 Å². The summed E-state index contributed by atoms with van der Waals surface area (Å²) >= 11 is 0. The number of nitrogens with one attached hydrogen (secondary N) is 3. The number of benzene rings is 2. The lowest BCUT2D eigenvalue weighted by Gasteiger charge is -2.18. The van der Waals surface area contributed by atoms with Gasteiger partial charge >= 0.3 is 0 Å². The molecule has 0 radical (unpaired) electrons. The first-order valence-electron chi connectivity index (χ1n) is 10.0. The Morgan fingerprint density at radius 1 is 1.04 bits per heavy atom. The van der Waals surface area contributed by atoms with Crippen LogP contribution in [0.4, 0.5) is 0 Å². The molecule has 2 aromatic carbocycles. The van der Waals surface area contributed by atoms with Crippen LogP contribution in [0.15, 0.2) is 54.6 Å². The monoisotopic (exact) mass is 380 g/mol. The van der Waals surface area contributed by atoms with Crippen molar-refractivity contribution in [3.8, 4) is 0 Å². The second-order valence-electron chi connectivity index (χ2n) is 7.22. The van der Waals surface area contributed by atoms with Gasteiger partial charge in [-0.2, -0.15) is 0 Å². The van der Waals surface area contributed by atoms with Gasteiger partial charge in [0.2, 0.25) is 5.91 Å². The van der Waals surface area contributed by atoms with E-state index in [2.05, 4.69) is 17.6 Å². The van der Waals surface area contributed by atoms with Crippen LogP contribution in [-0.2, 0) is 17.8 Å². The van der Waals surface area contributed by atoms with Gasteiger partial charge in [-0.05, 0) is 30.0 Å². The van der Waals surface area contributed by atoms with Gasteiger partial charge in [-0.15, -0.1) is 0 Å². The minimum Gasteiger partial charge on any atom is -0.384 e. The fourth-order valence-electron chi connectivity index (χ4n) is 3.09. The molecule has 2 rings (SSSR count). The highest BCUT2D eigenvalue weighted by molar-refractivity contribution is 5.94. The molecule has 5 N–H and O–H groups in total. The Kier molecular flexibility index (Phi) is 9.22. The standard InChI is InChI=1S/C23H32N4O/c1-2-3-7-20(17-27-22(28)14-18-8-5-4-6-9-18)16-26-15-19-10-12-21(13-11-19)23(24)25/h4-6,8-13,20,26H,2-3,7,14-17H2,1H3,(H3,24,25)(H,27,28). The Hall–Kier alpha value is -2.66. The van der Waals surface area contributed by atoms with E-state index in [0.717, 1.165) is 49.0 Å². The Morgan fingerprint density at radius 2 is 1.75 bits per heavy atom. The molecule has 150 valence electrons. The van der Waals surface area contributed by atoms with Gasteiger partial charge in [0.25, 0.3) is 0 Å². The lowest BCUT2D eigenvalue weighted by molar-refractivity contribution is -0.120. The van der Waals surface area contributed by atoms with E-state index in [1.165, 1.54) is 0 Å². The third kappa shape index (κ3) is 7.92. The second-order valence-corrected chi connectivity index (χ2v) is 7.22. The first-order chi connectivity index (χ1) is 13.6. The van der Waals surface area contributed by atoms with Gasteiger partial charge < -0.3 is 16.4 Å².